The van der Waals surface area contributed by atoms with Crippen LogP contribution in [0.15, 0.2) is 34.9 Å². The van der Waals surface area contributed by atoms with E-state index >= 15 is 0 Å². The van der Waals surface area contributed by atoms with Crippen molar-refractivity contribution >= 4 is 21.8 Å². The summed E-state index contributed by atoms with van der Waals surface area (Å²) in [5.74, 6) is -1.13. The van der Waals surface area contributed by atoms with Crippen LogP contribution in [0.3, 0.4) is 0 Å². The van der Waals surface area contributed by atoms with Gasteiger partial charge in [-0.15, -0.1) is 0 Å². The van der Waals surface area contributed by atoms with Crippen LogP contribution in [0, 0.1) is 11.6 Å². The quantitative estimate of drug-likeness (QED) is 0.531. The average molecular weight is 510 g/mol. The van der Waals surface area contributed by atoms with Gasteiger partial charge in [0.05, 0.1) is 12.1 Å². The summed E-state index contributed by atoms with van der Waals surface area (Å²) in [5.41, 5.74) is 1.04. The van der Waals surface area contributed by atoms with Crippen molar-refractivity contribution in [2.24, 2.45) is 0 Å². The summed E-state index contributed by atoms with van der Waals surface area (Å²) in [4.78, 5) is 16.1. The molecule has 1 aromatic carbocycles. The molecule has 6 nitrogen and oxygen atoms in total. The Morgan fingerprint density at radius 3 is 2.66 bits per heavy atom. The van der Waals surface area contributed by atoms with Crippen molar-refractivity contribution in [3.05, 3.63) is 57.7 Å². The number of pyridine rings is 1. The molecule has 1 amide bonds. The first-order valence-electron chi connectivity index (χ1n) is 10.7. The largest absolute Gasteiger partial charge is 0.471 e. The maximum Gasteiger partial charge on any atom is 0.218 e. The molecule has 1 aliphatic carbocycles. The van der Waals surface area contributed by atoms with E-state index < -0.39 is 23.8 Å². The highest BCUT2D eigenvalue weighted by atomic mass is 79.9. The maximum atomic E-state index is 13.6. The fourth-order valence-corrected chi connectivity index (χ4v) is 4.85. The van der Waals surface area contributed by atoms with Crippen LogP contribution in [-0.4, -0.2) is 40.3 Å². The van der Waals surface area contributed by atoms with Crippen molar-refractivity contribution in [3.8, 4) is 5.88 Å². The van der Waals surface area contributed by atoms with E-state index in [1.165, 1.54) is 19.1 Å². The van der Waals surface area contributed by atoms with Crippen molar-refractivity contribution in [2.75, 3.05) is 6.54 Å². The number of nitrogens with one attached hydrogen (secondary N) is 2. The van der Waals surface area contributed by atoms with Crippen LogP contribution >= 0.6 is 15.9 Å². The van der Waals surface area contributed by atoms with Gasteiger partial charge in [-0.25, -0.2) is 13.8 Å². The van der Waals surface area contributed by atoms with Crippen molar-refractivity contribution in [1.82, 2.24) is 15.6 Å². The first-order chi connectivity index (χ1) is 15.2. The van der Waals surface area contributed by atoms with Gasteiger partial charge in [0.2, 0.25) is 11.8 Å². The molecule has 4 rings (SSSR count). The lowest BCUT2D eigenvalue weighted by Crippen LogP contribution is -2.52. The zero-order valence-corrected chi connectivity index (χ0v) is 19.3. The van der Waals surface area contributed by atoms with Gasteiger partial charge >= 0.3 is 0 Å². The number of aliphatic hydroxyl groups excluding tert-OH is 1. The third-order valence-corrected chi connectivity index (χ3v) is 6.61. The second-order valence-electron chi connectivity index (χ2n) is 8.71. The molecular weight excluding hydrogens is 484 g/mol. The Morgan fingerprint density at radius 2 is 2.03 bits per heavy atom. The van der Waals surface area contributed by atoms with Gasteiger partial charge in [-0.2, -0.15) is 0 Å². The number of aliphatic hydroxyl groups is 1. The number of hydrogen-bond donors (Lipinski definition) is 3. The summed E-state index contributed by atoms with van der Waals surface area (Å²) >= 11 is 3.45. The molecule has 1 saturated carbocycles. The Hall–Kier alpha value is -2.10. The molecule has 3 atom stereocenters. The number of rotatable bonds is 7. The van der Waals surface area contributed by atoms with E-state index in [-0.39, 0.29) is 30.5 Å². The topological polar surface area (TPSA) is 83.5 Å². The van der Waals surface area contributed by atoms with Crippen LogP contribution in [-0.2, 0) is 11.2 Å². The fraction of sp³-hybridized carbons (Fsp3) is 0.478. The summed E-state index contributed by atoms with van der Waals surface area (Å²) in [6.45, 7) is 1.52. The molecule has 0 saturated heterocycles. The van der Waals surface area contributed by atoms with E-state index in [9.17, 15) is 18.7 Å². The molecule has 0 bridgehead atoms. The van der Waals surface area contributed by atoms with Gasteiger partial charge in [0.25, 0.3) is 0 Å². The Balaban J connectivity index is 1.48. The minimum absolute atomic E-state index is 0.0803. The Morgan fingerprint density at radius 1 is 1.31 bits per heavy atom. The molecule has 2 aromatic rings. The molecule has 0 radical (unpaired) electrons. The molecule has 1 aliphatic heterocycles. The lowest BCUT2D eigenvalue weighted by atomic mass is 9.73. The molecule has 32 heavy (non-hydrogen) atoms. The van der Waals surface area contributed by atoms with Crippen molar-refractivity contribution in [1.29, 1.82) is 0 Å². The van der Waals surface area contributed by atoms with Gasteiger partial charge in [-0.3, -0.25) is 4.79 Å². The first-order valence-corrected chi connectivity index (χ1v) is 11.5. The van der Waals surface area contributed by atoms with Crippen LogP contribution in [0.4, 0.5) is 8.78 Å². The molecular formula is C23H26BrF2N3O3. The van der Waals surface area contributed by atoms with Crippen molar-refractivity contribution < 1.29 is 23.4 Å². The Bertz CT molecular complexity index is 982. The van der Waals surface area contributed by atoms with Gasteiger partial charge in [-0.1, -0.05) is 0 Å². The highest BCUT2D eigenvalue weighted by molar-refractivity contribution is 9.10. The van der Waals surface area contributed by atoms with E-state index in [1.54, 1.807) is 6.20 Å². The number of aromatic nitrogens is 1. The standard InChI is InChI=1S/C23H26BrF2N3O3/c1-13(30)29-19(7-14-5-16(25)9-17(26)6-14)21(31)12-27-20-10-23(3-2-4-23)32-22-18(20)8-15(24)11-28-22/h5-6,8-9,11,19-21,27,31H,2-4,7,10,12H2,1H3,(H,29,30)/t19-,20-,21+/m0/s1. The van der Waals surface area contributed by atoms with Crippen LogP contribution in [0.25, 0.3) is 0 Å². The third kappa shape index (κ3) is 5.27. The third-order valence-electron chi connectivity index (χ3n) is 6.18. The van der Waals surface area contributed by atoms with Crippen LogP contribution in [0.2, 0.25) is 0 Å². The van der Waals surface area contributed by atoms with Crippen LogP contribution in [0.5, 0.6) is 5.88 Å². The number of hydrogen-bond acceptors (Lipinski definition) is 5. The van der Waals surface area contributed by atoms with E-state index in [0.717, 1.165) is 41.8 Å². The number of benzene rings is 1. The molecule has 0 unspecified atom stereocenters. The second-order valence-corrected chi connectivity index (χ2v) is 9.62. The van der Waals surface area contributed by atoms with E-state index in [4.69, 9.17) is 4.74 Å². The van der Waals surface area contributed by atoms with Gasteiger partial charge < -0.3 is 20.5 Å². The maximum absolute atomic E-state index is 13.6. The number of halogens is 3. The number of ether oxygens (including phenoxy) is 1. The van der Waals surface area contributed by atoms with Crippen LogP contribution in [0.1, 0.15) is 49.8 Å². The zero-order valence-electron chi connectivity index (χ0n) is 17.7. The zero-order chi connectivity index (χ0) is 22.9. The summed E-state index contributed by atoms with van der Waals surface area (Å²) in [5, 5.41) is 17.0. The van der Waals surface area contributed by atoms with Gasteiger partial charge in [-0.05, 0) is 65.4 Å². The second kappa shape index (κ2) is 9.41. The smallest absolute Gasteiger partial charge is 0.218 e. The first kappa shape index (κ1) is 23.1. The molecule has 9 heteroatoms. The highest BCUT2D eigenvalue weighted by Crippen LogP contribution is 2.48. The van der Waals surface area contributed by atoms with Crippen molar-refractivity contribution in [3.63, 3.8) is 0 Å². The SMILES string of the molecule is CC(=O)N[C@@H](Cc1cc(F)cc(F)c1)[C@H](O)CN[C@H]1CC2(CCC2)Oc2ncc(Br)cc21. The predicted octanol–water partition coefficient (Wildman–Crippen LogP) is 3.57. The number of amides is 1. The van der Waals surface area contributed by atoms with Gasteiger partial charge in [0.1, 0.15) is 17.2 Å². The Kier molecular flexibility index (Phi) is 6.78. The molecule has 2 aliphatic rings. The molecule has 172 valence electrons. The van der Waals surface area contributed by atoms with E-state index in [2.05, 4.69) is 31.5 Å². The lowest BCUT2D eigenvalue weighted by Gasteiger charge is -2.47. The summed E-state index contributed by atoms with van der Waals surface area (Å²) < 4.78 is 34.2. The number of carbonyl (C=O) groups excluding carboxylic acids is 1. The van der Waals surface area contributed by atoms with Gasteiger partial charge in [0, 0.05) is 48.2 Å². The summed E-state index contributed by atoms with van der Waals surface area (Å²) in [6.07, 6.45) is 4.61. The monoisotopic (exact) mass is 509 g/mol. The average Bonchev–Trinajstić information content (AvgIpc) is 2.69. The summed E-state index contributed by atoms with van der Waals surface area (Å²) in [6, 6.07) is 4.37. The molecule has 1 spiro atoms. The molecule has 1 aromatic heterocycles. The minimum Gasteiger partial charge on any atom is -0.471 e. The van der Waals surface area contributed by atoms with Crippen LogP contribution < -0.4 is 15.4 Å². The number of fused-ring (bicyclic) bond motifs is 1. The molecule has 2 heterocycles. The molecule has 3 N–H and O–H groups in total. The van der Waals surface area contributed by atoms with Gasteiger partial charge in [0.15, 0.2) is 0 Å². The number of nitrogens with zero attached hydrogens (tertiary/aromatic N) is 1. The predicted molar refractivity (Wildman–Crippen MR) is 118 cm³/mol. The normalized spacial score (nSPS) is 20.6. The van der Waals surface area contributed by atoms with E-state index in [0.29, 0.717) is 11.4 Å². The fourth-order valence-electron chi connectivity index (χ4n) is 4.50. The van der Waals surface area contributed by atoms with E-state index in [1.807, 2.05) is 6.07 Å². The molecule has 1 fully saturated rings. The minimum atomic E-state index is -0.978. The van der Waals surface area contributed by atoms with Crippen molar-refractivity contribution in [2.45, 2.75) is 62.8 Å². The summed E-state index contributed by atoms with van der Waals surface area (Å²) in [7, 11) is 0. The number of carbonyl (C=O) groups is 1. The highest BCUT2D eigenvalue weighted by Gasteiger charge is 2.46. The lowest BCUT2D eigenvalue weighted by molar-refractivity contribution is -0.120. The Labute approximate surface area is 193 Å².